The average molecular weight is 314 g/mol. The first-order chi connectivity index (χ1) is 10.4. The van der Waals surface area contributed by atoms with Crippen LogP contribution >= 0.6 is 0 Å². The molecule has 2 fully saturated rings. The third kappa shape index (κ3) is 7.11. The lowest BCUT2D eigenvalue weighted by molar-refractivity contribution is -0.126. The fourth-order valence-electron chi connectivity index (χ4n) is 2.48. The fourth-order valence-corrected chi connectivity index (χ4v) is 2.48. The van der Waals surface area contributed by atoms with Crippen molar-refractivity contribution in [3.8, 4) is 0 Å². The smallest absolute Gasteiger partial charge is 0.410 e. The normalized spacial score (nSPS) is 19.5. The minimum absolute atomic E-state index is 0.161. The summed E-state index contributed by atoms with van der Waals surface area (Å²) in [4.78, 5) is 25.2. The topological polar surface area (TPSA) is 59.1 Å². The lowest BCUT2D eigenvalue weighted by Gasteiger charge is -2.38. The minimum atomic E-state index is -0.389. The Morgan fingerprint density at radius 2 is 1.73 bits per heavy atom. The lowest BCUT2D eigenvalue weighted by atomic mass is 9.85. The van der Waals surface area contributed by atoms with E-state index >= 15 is 0 Å². The summed E-state index contributed by atoms with van der Waals surface area (Å²) >= 11 is 0. The predicted octanol–water partition coefficient (Wildman–Crippen LogP) is 2.13. The van der Waals surface area contributed by atoms with Gasteiger partial charge in [0.05, 0.1) is 7.11 Å². The van der Waals surface area contributed by atoms with E-state index in [2.05, 4.69) is 9.64 Å². The highest BCUT2D eigenvalue weighted by Gasteiger charge is 2.27. The Kier molecular flexibility index (Phi) is 7.65. The van der Waals surface area contributed by atoms with Crippen LogP contribution in [-0.4, -0.2) is 67.8 Å². The Morgan fingerprint density at radius 1 is 1.18 bits per heavy atom. The van der Waals surface area contributed by atoms with E-state index in [0.717, 1.165) is 32.1 Å². The number of carbonyl (C=O) groups excluding carboxylic acids is 2. The molecule has 2 rings (SSSR count). The summed E-state index contributed by atoms with van der Waals surface area (Å²) in [6.07, 6.45) is 4.03. The molecular formula is C16H30N2O4. The van der Waals surface area contributed by atoms with Gasteiger partial charge in [0.25, 0.3) is 6.47 Å². The molecule has 0 radical (unpaired) electrons. The van der Waals surface area contributed by atoms with Crippen LogP contribution < -0.4 is 0 Å². The van der Waals surface area contributed by atoms with Crippen molar-refractivity contribution in [1.82, 2.24) is 9.80 Å². The van der Waals surface area contributed by atoms with Crippen LogP contribution in [-0.2, 0) is 14.3 Å². The van der Waals surface area contributed by atoms with E-state index in [0.29, 0.717) is 6.47 Å². The van der Waals surface area contributed by atoms with Crippen molar-refractivity contribution in [2.24, 2.45) is 5.92 Å². The van der Waals surface area contributed by atoms with Gasteiger partial charge in [-0.3, -0.25) is 9.69 Å². The molecule has 0 aromatic heterocycles. The first kappa shape index (κ1) is 18.7. The lowest BCUT2D eigenvalue weighted by Crippen LogP contribution is -2.51. The zero-order valence-corrected chi connectivity index (χ0v) is 14.3. The molecule has 6 heteroatoms. The fraction of sp³-hybridized carbons (Fsp3) is 0.875. The van der Waals surface area contributed by atoms with E-state index in [9.17, 15) is 4.79 Å². The zero-order valence-electron chi connectivity index (χ0n) is 14.3. The predicted molar refractivity (Wildman–Crippen MR) is 84.7 cm³/mol. The van der Waals surface area contributed by atoms with Gasteiger partial charge in [0, 0.05) is 32.7 Å². The summed E-state index contributed by atoms with van der Waals surface area (Å²) < 4.78 is 9.26. The number of rotatable bonds is 3. The van der Waals surface area contributed by atoms with Crippen LogP contribution in [0.5, 0.6) is 0 Å². The van der Waals surface area contributed by atoms with Crippen molar-refractivity contribution in [2.75, 3.05) is 39.8 Å². The van der Waals surface area contributed by atoms with Crippen LogP contribution in [0.25, 0.3) is 0 Å². The van der Waals surface area contributed by atoms with Crippen LogP contribution in [0, 0.1) is 5.92 Å². The second-order valence-corrected chi connectivity index (χ2v) is 6.90. The van der Waals surface area contributed by atoms with Crippen molar-refractivity contribution < 1.29 is 19.1 Å². The van der Waals surface area contributed by atoms with Gasteiger partial charge in [-0.15, -0.1) is 0 Å². The Morgan fingerprint density at radius 3 is 2.09 bits per heavy atom. The summed E-state index contributed by atoms with van der Waals surface area (Å²) in [6.45, 7) is 10.9. The van der Waals surface area contributed by atoms with Crippen LogP contribution in [0.2, 0.25) is 0 Å². The first-order valence-corrected chi connectivity index (χ1v) is 8.02. The number of amides is 1. The standard InChI is InChI=1S/C14H26N2O2.C2H4O2/c1-14(2,3)18-13(17)16-9-7-15(8-10-16)11-12-5-4-6-12;1-4-2-3/h12H,4-11H2,1-3H3;2H,1H3. The van der Waals surface area contributed by atoms with Gasteiger partial charge in [-0.1, -0.05) is 6.42 Å². The molecule has 1 heterocycles. The molecule has 0 atom stereocenters. The highest BCUT2D eigenvalue weighted by Crippen LogP contribution is 2.27. The maximum Gasteiger partial charge on any atom is 0.410 e. The summed E-state index contributed by atoms with van der Waals surface area (Å²) in [5.74, 6) is 0.915. The van der Waals surface area contributed by atoms with Gasteiger partial charge in [-0.25, -0.2) is 4.79 Å². The van der Waals surface area contributed by atoms with Crippen LogP contribution in [0.3, 0.4) is 0 Å². The molecule has 6 nitrogen and oxygen atoms in total. The highest BCUT2D eigenvalue weighted by molar-refractivity contribution is 5.68. The average Bonchev–Trinajstić information content (AvgIpc) is 2.42. The number of ether oxygens (including phenoxy) is 2. The molecule has 1 aliphatic carbocycles. The number of piperazine rings is 1. The summed E-state index contributed by atoms with van der Waals surface area (Å²) in [5.41, 5.74) is -0.389. The SMILES string of the molecule is CC(C)(C)OC(=O)N1CCN(CC2CCC2)CC1.COC=O. The quantitative estimate of drug-likeness (QED) is 0.747. The highest BCUT2D eigenvalue weighted by atomic mass is 16.6. The maximum absolute atomic E-state index is 11.9. The molecular weight excluding hydrogens is 284 g/mol. The van der Waals surface area contributed by atoms with Gasteiger partial charge in [-0.2, -0.15) is 0 Å². The molecule has 128 valence electrons. The monoisotopic (exact) mass is 314 g/mol. The minimum Gasteiger partial charge on any atom is -0.471 e. The molecule has 0 unspecified atom stereocenters. The third-order valence-electron chi connectivity index (χ3n) is 3.86. The van der Waals surface area contributed by atoms with E-state index in [1.165, 1.54) is 32.9 Å². The molecule has 0 aromatic carbocycles. The second-order valence-electron chi connectivity index (χ2n) is 6.90. The van der Waals surface area contributed by atoms with Gasteiger partial charge < -0.3 is 14.4 Å². The molecule has 22 heavy (non-hydrogen) atoms. The molecule has 0 spiro atoms. The third-order valence-corrected chi connectivity index (χ3v) is 3.86. The molecule has 0 aromatic rings. The summed E-state index contributed by atoms with van der Waals surface area (Å²) in [7, 11) is 1.31. The van der Waals surface area contributed by atoms with Crippen molar-refractivity contribution in [3.63, 3.8) is 0 Å². The van der Waals surface area contributed by atoms with Crippen LogP contribution in [0.1, 0.15) is 40.0 Å². The number of carbonyl (C=O) groups is 2. The van der Waals surface area contributed by atoms with Gasteiger partial charge in [0.2, 0.25) is 0 Å². The Bertz CT molecular complexity index is 343. The molecule has 1 saturated carbocycles. The Labute approximate surface area is 133 Å². The van der Waals surface area contributed by atoms with Crippen LogP contribution in [0.4, 0.5) is 4.79 Å². The first-order valence-electron chi connectivity index (χ1n) is 8.02. The zero-order chi connectivity index (χ0) is 16.6. The molecule has 0 N–H and O–H groups in total. The van der Waals surface area contributed by atoms with Gasteiger partial charge in [0.1, 0.15) is 5.60 Å². The van der Waals surface area contributed by atoms with E-state index in [1.807, 2.05) is 25.7 Å². The Balaban J connectivity index is 0.000000541. The molecule has 2 aliphatic rings. The Hall–Kier alpha value is -1.30. The number of nitrogens with zero attached hydrogens (tertiary/aromatic N) is 2. The van der Waals surface area contributed by atoms with E-state index < -0.39 is 0 Å². The number of hydrogen-bond donors (Lipinski definition) is 0. The van der Waals surface area contributed by atoms with Crippen molar-refractivity contribution in [3.05, 3.63) is 0 Å². The van der Waals surface area contributed by atoms with Crippen molar-refractivity contribution >= 4 is 12.6 Å². The van der Waals surface area contributed by atoms with Crippen molar-refractivity contribution in [2.45, 2.75) is 45.6 Å². The van der Waals surface area contributed by atoms with Crippen molar-refractivity contribution in [1.29, 1.82) is 0 Å². The van der Waals surface area contributed by atoms with Gasteiger partial charge >= 0.3 is 6.09 Å². The summed E-state index contributed by atoms with van der Waals surface area (Å²) in [6, 6.07) is 0. The number of hydrogen-bond acceptors (Lipinski definition) is 5. The second kappa shape index (κ2) is 8.98. The van der Waals surface area contributed by atoms with E-state index in [4.69, 9.17) is 9.53 Å². The maximum atomic E-state index is 11.9. The van der Waals surface area contributed by atoms with E-state index in [1.54, 1.807) is 0 Å². The van der Waals surface area contributed by atoms with Gasteiger partial charge in [0.15, 0.2) is 0 Å². The molecule has 1 amide bonds. The van der Waals surface area contributed by atoms with E-state index in [-0.39, 0.29) is 11.7 Å². The molecule has 1 aliphatic heterocycles. The molecule has 1 saturated heterocycles. The summed E-state index contributed by atoms with van der Waals surface area (Å²) in [5, 5.41) is 0. The van der Waals surface area contributed by atoms with Crippen LogP contribution in [0.15, 0.2) is 0 Å². The largest absolute Gasteiger partial charge is 0.471 e. The molecule has 0 bridgehead atoms. The van der Waals surface area contributed by atoms with Gasteiger partial charge in [-0.05, 0) is 39.5 Å². The number of methoxy groups -OCH3 is 1.